The fraction of sp³-hybridized carbons (Fsp3) is 0.409. The summed E-state index contributed by atoms with van der Waals surface area (Å²) in [4.78, 5) is 13.6. The zero-order chi connectivity index (χ0) is 23.0. The predicted octanol–water partition coefficient (Wildman–Crippen LogP) is 3.71. The van der Waals surface area contributed by atoms with Crippen LogP contribution in [0.25, 0.3) is 0 Å². The summed E-state index contributed by atoms with van der Waals surface area (Å²) in [5.41, 5.74) is 1.25. The van der Waals surface area contributed by atoms with Gasteiger partial charge in [-0.2, -0.15) is 4.31 Å². The zero-order valence-electron chi connectivity index (χ0n) is 18.1. The largest absolute Gasteiger partial charge is 0.478 e. The summed E-state index contributed by atoms with van der Waals surface area (Å²) in [6.45, 7) is 8.44. The number of hydrogen-bond acceptors (Lipinski definition) is 5. The molecule has 0 bridgehead atoms. The van der Waals surface area contributed by atoms with Crippen LogP contribution in [0.4, 0.5) is 5.69 Å². The second-order valence-electron chi connectivity index (χ2n) is 8.17. The van der Waals surface area contributed by atoms with Crippen LogP contribution < -0.4 is 9.64 Å². The number of halogens is 1. The lowest BCUT2D eigenvalue weighted by Gasteiger charge is -2.36. The minimum Gasteiger partial charge on any atom is -0.478 e. The zero-order valence-corrected chi connectivity index (χ0v) is 19.6. The van der Waals surface area contributed by atoms with Gasteiger partial charge in [0.1, 0.15) is 5.75 Å². The maximum atomic E-state index is 13.2. The van der Waals surface area contributed by atoms with Crippen molar-refractivity contribution in [2.75, 3.05) is 31.1 Å². The Morgan fingerprint density at radius 3 is 2.26 bits per heavy atom. The van der Waals surface area contributed by atoms with Crippen LogP contribution >= 0.6 is 11.6 Å². The highest BCUT2D eigenvalue weighted by Crippen LogP contribution is 2.29. The second-order valence-corrected chi connectivity index (χ2v) is 10.5. The molecular weight excluding hydrogens is 440 g/mol. The van der Waals surface area contributed by atoms with Crippen LogP contribution in [0.2, 0.25) is 5.02 Å². The number of rotatable bonds is 6. The topological polar surface area (TPSA) is 87.2 Å². The van der Waals surface area contributed by atoms with E-state index in [0.717, 1.165) is 11.3 Å². The SMILES string of the molecule is Cc1cc(S(=O)(=O)N2CCN(c3cc(Cl)ccc3C)CC2)ccc1OC(C)(C)C(=O)O. The molecule has 0 amide bonds. The van der Waals surface area contributed by atoms with E-state index < -0.39 is 21.6 Å². The maximum Gasteiger partial charge on any atom is 0.347 e. The molecule has 0 saturated carbocycles. The summed E-state index contributed by atoms with van der Waals surface area (Å²) in [5.74, 6) is -0.760. The molecule has 1 saturated heterocycles. The molecule has 2 aromatic carbocycles. The lowest BCUT2D eigenvalue weighted by atomic mass is 10.1. The van der Waals surface area contributed by atoms with E-state index in [9.17, 15) is 18.3 Å². The molecule has 1 heterocycles. The van der Waals surface area contributed by atoms with E-state index in [1.807, 2.05) is 25.1 Å². The molecule has 1 aliphatic rings. The predicted molar refractivity (Wildman–Crippen MR) is 121 cm³/mol. The van der Waals surface area contributed by atoms with Crippen molar-refractivity contribution < 1.29 is 23.1 Å². The van der Waals surface area contributed by atoms with Crippen molar-refractivity contribution in [3.05, 3.63) is 52.5 Å². The summed E-state index contributed by atoms with van der Waals surface area (Å²) >= 11 is 6.13. The monoisotopic (exact) mass is 466 g/mol. The first kappa shape index (κ1) is 23.4. The van der Waals surface area contributed by atoms with Gasteiger partial charge in [-0.25, -0.2) is 13.2 Å². The first-order valence-corrected chi connectivity index (χ1v) is 11.8. The lowest BCUT2D eigenvalue weighted by molar-refractivity contribution is -0.152. The van der Waals surface area contributed by atoms with Gasteiger partial charge >= 0.3 is 5.97 Å². The molecule has 7 nitrogen and oxygen atoms in total. The Kier molecular flexibility index (Phi) is 6.55. The Hall–Kier alpha value is -2.29. The maximum absolute atomic E-state index is 13.2. The van der Waals surface area contributed by atoms with Crippen molar-refractivity contribution in [2.24, 2.45) is 0 Å². The minimum atomic E-state index is -3.68. The Balaban J connectivity index is 1.75. The van der Waals surface area contributed by atoms with Crippen LogP contribution in [-0.4, -0.2) is 55.6 Å². The molecule has 0 unspecified atom stereocenters. The van der Waals surface area contributed by atoms with Gasteiger partial charge in [-0.05, 0) is 69.2 Å². The van der Waals surface area contributed by atoms with Gasteiger partial charge < -0.3 is 14.7 Å². The summed E-state index contributed by atoms with van der Waals surface area (Å²) < 4.78 is 33.4. The molecule has 3 rings (SSSR count). The quantitative estimate of drug-likeness (QED) is 0.698. The summed E-state index contributed by atoms with van der Waals surface area (Å²) in [7, 11) is -3.68. The summed E-state index contributed by atoms with van der Waals surface area (Å²) in [5, 5.41) is 9.90. The van der Waals surface area contributed by atoms with Gasteiger partial charge in [0, 0.05) is 36.9 Å². The van der Waals surface area contributed by atoms with Gasteiger partial charge in [0.2, 0.25) is 10.0 Å². The highest BCUT2D eigenvalue weighted by atomic mass is 35.5. The van der Waals surface area contributed by atoms with Crippen LogP contribution in [0.3, 0.4) is 0 Å². The molecule has 168 valence electrons. The Morgan fingerprint density at radius 1 is 1.03 bits per heavy atom. The third kappa shape index (κ3) is 4.97. The van der Waals surface area contributed by atoms with Crippen LogP contribution in [0.15, 0.2) is 41.3 Å². The Bertz CT molecular complexity index is 1090. The number of anilines is 1. The van der Waals surface area contributed by atoms with Gasteiger partial charge in [-0.1, -0.05) is 17.7 Å². The minimum absolute atomic E-state index is 0.165. The molecule has 1 aliphatic heterocycles. The van der Waals surface area contributed by atoms with Crippen molar-refractivity contribution in [2.45, 2.75) is 38.2 Å². The first-order valence-electron chi connectivity index (χ1n) is 9.96. The molecule has 0 aliphatic carbocycles. The number of ether oxygens (including phenoxy) is 1. The number of benzene rings is 2. The molecular formula is C22H27ClN2O5S. The van der Waals surface area contributed by atoms with Crippen molar-refractivity contribution in [3.8, 4) is 5.75 Å². The molecule has 9 heteroatoms. The molecule has 0 spiro atoms. The number of aryl methyl sites for hydroxylation is 2. The average molecular weight is 467 g/mol. The van der Waals surface area contributed by atoms with E-state index in [-0.39, 0.29) is 4.90 Å². The van der Waals surface area contributed by atoms with E-state index >= 15 is 0 Å². The van der Waals surface area contributed by atoms with Gasteiger partial charge in [0.25, 0.3) is 0 Å². The normalized spacial score (nSPS) is 15.7. The molecule has 0 atom stereocenters. The van der Waals surface area contributed by atoms with Crippen LogP contribution in [0.1, 0.15) is 25.0 Å². The molecule has 1 fully saturated rings. The van der Waals surface area contributed by atoms with E-state index in [1.165, 1.54) is 36.4 Å². The number of nitrogens with zero attached hydrogens (tertiary/aromatic N) is 2. The number of carbonyl (C=O) groups is 1. The first-order chi connectivity index (χ1) is 14.4. The molecule has 31 heavy (non-hydrogen) atoms. The Morgan fingerprint density at radius 2 is 1.68 bits per heavy atom. The lowest BCUT2D eigenvalue weighted by Crippen LogP contribution is -2.48. The van der Waals surface area contributed by atoms with E-state index in [1.54, 1.807) is 6.92 Å². The standard InChI is InChI=1S/C22H27ClN2O5S/c1-15-5-6-17(23)14-19(15)24-9-11-25(12-10-24)31(28,29)18-7-8-20(16(2)13-18)30-22(3,4)21(26)27/h5-8,13-14H,9-12H2,1-4H3,(H,26,27). The van der Waals surface area contributed by atoms with Crippen molar-refractivity contribution in [1.29, 1.82) is 0 Å². The Labute approximate surface area is 188 Å². The van der Waals surface area contributed by atoms with E-state index in [2.05, 4.69) is 4.90 Å². The van der Waals surface area contributed by atoms with E-state index in [4.69, 9.17) is 16.3 Å². The van der Waals surface area contributed by atoms with Crippen molar-refractivity contribution in [1.82, 2.24) is 4.31 Å². The van der Waals surface area contributed by atoms with Crippen molar-refractivity contribution in [3.63, 3.8) is 0 Å². The third-order valence-corrected chi connectivity index (χ3v) is 7.54. The number of sulfonamides is 1. The van der Waals surface area contributed by atoms with Crippen LogP contribution in [0, 0.1) is 13.8 Å². The molecule has 1 N–H and O–H groups in total. The third-order valence-electron chi connectivity index (χ3n) is 5.41. The van der Waals surface area contributed by atoms with Gasteiger partial charge in [0.05, 0.1) is 4.90 Å². The molecule has 0 radical (unpaired) electrons. The molecule has 0 aromatic heterocycles. The van der Waals surface area contributed by atoms with Gasteiger partial charge in [-0.3, -0.25) is 0 Å². The summed E-state index contributed by atoms with van der Waals surface area (Å²) in [6, 6.07) is 10.2. The number of hydrogen-bond donors (Lipinski definition) is 1. The molecule has 2 aromatic rings. The van der Waals surface area contributed by atoms with E-state index in [0.29, 0.717) is 42.5 Å². The fourth-order valence-electron chi connectivity index (χ4n) is 3.46. The number of aliphatic carboxylic acids is 1. The highest BCUT2D eigenvalue weighted by Gasteiger charge is 2.32. The second kappa shape index (κ2) is 8.68. The van der Waals surface area contributed by atoms with Gasteiger partial charge in [-0.15, -0.1) is 0 Å². The average Bonchev–Trinajstić information content (AvgIpc) is 2.71. The van der Waals surface area contributed by atoms with Gasteiger partial charge in [0.15, 0.2) is 5.60 Å². The fourth-order valence-corrected chi connectivity index (χ4v) is 5.13. The highest BCUT2D eigenvalue weighted by molar-refractivity contribution is 7.89. The van der Waals surface area contributed by atoms with Crippen LogP contribution in [-0.2, 0) is 14.8 Å². The number of piperazine rings is 1. The van der Waals surface area contributed by atoms with Crippen molar-refractivity contribution >= 4 is 33.3 Å². The number of carboxylic acids is 1. The summed E-state index contributed by atoms with van der Waals surface area (Å²) in [6.07, 6.45) is 0. The number of carboxylic acid groups (broad SMARTS) is 1. The van der Waals surface area contributed by atoms with Crippen LogP contribution in [0.5, 0.6) is 5.75 Å². The smallest absolute Gasteiger partial charge is 0.347 e.